The highest BCUT2D eigenvalue weighted by Crippen LogP contribution is 2.33. The standard InChI is InChI=1S/C31H34N6O4/c1-4-5-11-27-26(29(38)36(30-32-18-33-37(27)30)23-14-19(2)40-20(3)15-23)17-21-12-13-24(22-9-7-6-8-10-22)25(16-21)28-34-31(39)41-35-28/h6-10,12-13,16,18-20,23H,4-5,11,14-15,17H2,1-3H3,(H,34,35,39)/t19-,20+,23+. The van der Waals surface area contributed by atoms with Crippen molar-refractivity contribution >= 4 is 5.78 Å². The molecule has 6 rings (SSSR count). The molecule has 41 heavy (non-hydrogen) atoms. The minimum Gasteiger partial charge on any atom is -0.375 e. The molecule has 0 bridgehead atoms. The van der Waals surface area contributed by atoms with Gasteiger partial charge in [-0.2, -0.15) is 10.1 Å². The van der Waals surface area contributed by atoms with Crippen LogP contribution in [0.1, 0.15) is 69.3 Å². The van der Waals surface area contributed by atoms with E-state index in [4.69, 9.17) is 9.26 Å². The van der Waals surface area contributed by atoms with Gasteiger partial charge in [0.25, 0.3) is 5.56 Å². The number of H-pyrrole nitrogens is 1. The van der Waals surface area contributed by atoms with Crippen LogP contribution in [0.4, 0.5) is 0 Å². The molecule has 1 saturated heterocycles. The first kappa shape index (κ1) is 26.9. The molecule has 0 unspecified atom stereocenters. The van der Waals surface area contributed by atoms with Crippen molar-refractivity contribution in [2.45, 2.75) is 77.5 Å². The predicted octanol–water partition coefficient (Wildman–Crippen LogP) is 4.96. The molecule has 212 valence electrons. The van der Waals surface area contributed by atoms with Crippen LogP contribution in [-0.2, 0) is 17.6 Å². The lowest BCUT2D eigenvalue weighted by atomic mass is 9.93. The molecule has 1 aliphatic heterocycles. The first-order valence-electron chi connectivity index (χ1n) is 14.3. The molecule has 0 aliphatic carbocycles. The van der Waals surface area contributed by atoms with E-state index in [1.165, 1.54) is 6.33 Å². The summed E-state index contributed by atoms with van der Waals surface area (Å²) in [7, 11) is 0. The molecule has 0 amide bonds. The summed E-state index contributed by atoms with van der Waals surface area (Å²) in [6.45, 7) is 6.24. The Balaban J connectivity index is 1.50. The van der Waals surface area contributed by atoms with E-state index in [1.54, 1.807) is 0 Å². The number of hydrogen-bond acceptors (Lipinski definition) is 7. The monoisotopic (exact) mass is 554 g/mol. The second kappa shape index (κ2) is 11.3. The van der Waals surface area contributed by atoms with Crippen molar-refractivity contribution in [1.82, 2.24) is 29.3 Å². The van der Waals surface area contributed by atoms with Gasteiger partial charge in [-0.3, -0.25) is 18.9 Å². The zero-order valence-electron chi connectivity index (χ0n) is 23.5. The first-order chi connectivity index (χ1) is 19.9. The molecule has 3 aromatic heterocycles. The third-order valence-electron chi connectivity index (χ3n) is 7.88. The SMILES string of the molecule is CCCCc1c(Cc2ccc(-c3ccccc3)c(-c3noc(=O)[nH]3)c2)c(=O)n([C@H]2C[C@@H](C)O[C@@H](C)C2)c2ncnn12. The Morgan fingerprint density at radius 2 is 1.80 bits per heavy atom. The molecule has 10 nitrogen and oxygen atoms in total. The van der Waals surface area contributed by atoms with E-state index in [0.717, 1.165) is 53.6 Å². The molecule has 5 aromatic rings. The minimum atomic E-state index is -0.620. The van der Waals surface area contributed by atoms with Crippen LogP contribution in [-0.4, -0.2) is 41.5 Å². The molecule has 2 aromatic carbocycles. The zero-order valence-corrected chi connectivity index (χ0v) is 23.5. The molecular formula is C31H34N6O4. The maximum atomic E-state index is 14.4. The highest BCUT2D eigenvalue weighted by atomic mass is 16.5. The predicted molar refractivity (Wildman–Crippen MR) is 155 cm³/mol. The van der Waals surface area contributed by atoms with Crippen molar-refractivity contribution in [2.75, 3.05) is 0 Å². The summed E-state index contributed by atoms with van der Waals surface area (Å²) in [4.78, 5) is 33.5. The average Bonchev–Trinajstić information content (AvgIpc) is 3.62. The fourth-order valence-electron chi connectivity index (χ4n) is 6.08. The Morgan fingerprint density at radius 3 is 2.51 bits per heavy atom. The van der Waals surface area contributed by atoms with Crippen LogP contribution < -0.4 is 11.3 Å². The van der Waals surface area contributed by atoms with Gasteiger partial charge in [-0.1, -0.05) is 61.0 Å². The molecule has 1 N–H and O–H groups in total. The number of aryl methyl sites for hydroxylation is 1. The molecule has 3 atom stereocenters. The van der Waals surface area contributed by atoms with Crippen LogP contribution in [0.3, 0.4) is 0 Å². The number of hydrogen-bond donors (Lipinski definition) is 1. The number of fused-ring (bicyclic) bond motifs is 1. The van der Waals surface area contributed by atoms with E-state index in [0.29, 0.717) is 30.0 Å². The smallest absolute Gasteiger partial charge is 0.375 e. The van der Waals surface area contributed by atoms with E-state index < -0.39 is 5.76 Å². The molecule has 10 heteroatoms. The number of unbranched alkanes of at least 4 members (excludes halogenated alkanes) is 1. The first-order valence-corrected chi connectivity index (χ1v) is 14.3. The van der Waals surface area contributed by atoms with Gasteiger partial charge in [-0.25, -0.2) is 9.31 Å². The van der Waals surface area contributed by atoms with Crippen LogP contribution in [0.25, 0.3) is 28.3 Å². The molecule has 1 aliphatic rings. The van der Waals surface area contributed by atoms with E-state index in [1.807, 2.05) is 57.6 Å². The Morgan fingerprint density at radius 1 is 1.02 bits per heavy atom. The fraction of sp³-hybridized carbons (Fsp3) is 0.387. The molecule has 0 saturated carbocycles. The summed E-state index contributed by atoms with van der Waals surface area (Å²) < 4.78 is 14.5. The number of aromatic nitrogens is 6. The second-order valence-electron chi connectivity index (χ2n) is 10.9. The van der Waals surface area contributed by atoms with Gasteiger partial charge < -0.3 is 4.74 Å². The normalized spacial score (nSPS) is 19.1. The Kier molecular flexibility index (Phi) is 7.40. The van der Waals surface area contributed by atoms with Crippen molar-refractivity contribution in [3.05, 3.63) is 92.6 Å². The third kappa shape index (κ3) is 5.27. The molecule has 1 fully saturated rings. The molecule has 0 spiro atoms. The average molecular weight is 555 g/mol. The van der Waals surface area contributed by atoms with Crippen molar-refractivity contribution in [3.63, 3.8) is 0 Å². The van der Waals surface area contributed by atoms with Gasteiger partial charge >= 0.3 is 5.76 Å². The van der Waals surface area contributed by atoms with E-state index in [-0.39, 0.29) is 23.8 Å². The van der Waals surface area contributed by atoms with Crippen LogP contribution in [0.5, 0.6) is 0 Å². The van der Waals surface area contributed by atoms with Crippen LogP contribution in [0, 0.1) is 0 Å². The maximum Gasteiger partial charge on any atom is 0.439 e. The second-order valence-corrected chi connectivity index (χ2v) is 10.9. The summed E-state index contributed by atoms with van der Waals surface area (Å²) in [6.07, 6.45) is 6.10. The highest BCUT2D eigenvalue weighted by molar-refractivity contribution is 5.81. The minimum absolute atomic E-state index is 0.0357. The lowest BCUT2D eigenvalue weighted by Gasteiger charge is -2.33. The lowest BCUT2D eigenvalue weighted by Crippen LogP contribution is -2.38. The third-order valence-corrected chi connectivity index (χ3v) is 7.88. The van der Waals surface area contributed by atoms with E-state index >= 15 is 0 Å². The number of nitrogens with zero attached hydrogens (tertiary/aromatic N) is 5. The molecular weight excluding hydrogens is 520 g/mol. The van der Waals surface area contributed by atoms with Gasteiger partial charge in [0, 0.05) is 23.6 Å². The van der Waals surface area contributed by atoms with E-state index in [2.05, 4.69) is 41.0 Å². The van der Waals surface area contributed by atoms with Gasteiger partial charge in [0.05, 0.1) is 17.9 Å². The summed E-state index contributed by atoms with van der Waals surface area (Å²) in [5, 5.41) is 8.56. The van der Waals surface area contributed by atoms with Gasteiger partial charge in [0.2, 0.25) is 5.78 Å². The Labute approximate surface area is 237 Å². The van der Waals surface area contributed by atoms with Crippen molar-refractivity contribution in [1.29, 1.82) is 0 Å². The quantitative estimate of drug-likeness (QED) is 0.288. The summed E-state index contributed by atoms with van der Waals surface area (Å²) in [6, 6.07) is 15.9. The zero-order chi connectivity index (χ0) is 28.5. The van der Waals surface area contributed by atoms with Gasteiger partial charge in [0.1, 0.15) is 6.33 Å². The molecule has 0 radical (unpaired) electrons. The summed E-state index contributed by atoms with van der Waals surface area (Å²) >= 11 is 0. The fourth-order valence-corrected chi connectivity index (χ4v) is 6.08. The maximum absolute atomic E-state index is 14.4. The number of nitrogens with one attached hydrogen (secondary N) is 1. The van der Waals surface area contributed by atoms with Crippen molar-refractivity contribution in [3.8, 4) is 22.5 Å². The Bertz CT molecular complexity index is 1770. The number of ether oxygens (including phenoxy) is 1. The number of aromatic amines is 1. The molecule has 4 heterocycles. The van der Waals surface area contributed by atoms with Gasteiger partial charge in [-0.05, 0) is 62.3 Å². The lowest BCUT2D eigenvalue weighted by molar-refractivity contribution is -0.0488. The van der Waals surface area contributed by atoms with Gasteiger partial charge in [0.15, 0.2) is 5.82 Å². The highest BCUT2D eigenvalue weighted by Gasteiger charge is 2.30. The number of benzene rings is 2. The van der Waals surface area contributed by atoms with Crippen molar-refractivity contribution < 1.29 is 9.26 Å². The van der Waals surface area contributed by atoms with Crippen molar-refractivity contribution in [2.24, 2.45) is 0 Å². The Hall–Kier alpha value is -4.31. The van der Waals surface area contributed by atoms with Crippen LogP contribution in [0.15, 0.2) is 69.0 Å². The van der Waals surface area contributed by atoms with Crippen LogP contribution in [0.2, 0.25) is 0 Å². The largest absolute Gasteiger partial charge is 0.439 e. The van der Waals surface area contributed by atoms with Crippen LogP contribution >= 0.6 is 0 Å². The van der Waals surface area contributed by atoms with E-state index in [9.17, 15) is 9.59 Å². The number of rotatable bonds is 8. The summed E-state index contributed by atoms with van der Waals surface area (Å²) in [5.41, 5.74) is 5.08. The topological polar surface area (TPSA) is 120 Å². The van der Waals surface area contributed by atoms with Gasteiger partial charge in [-0.15, -0.1) is 0 Å². The summed E-state index contributed by atoms with van der Waals surface area (Å²) in [5.74, 6) is 0.304.